The Morgan fingerprint density at radius 2 is 2.07 bits per heavy atom. The Kier molecular flexibility index (Phi) is 3.33. The summed E-state index contributed by atoms with van der Waals surface area (Å²) in [6.07, 6.45) is -0.583. The first-order valence-electron chi connectivity index (χ1n) is 4.42. The lowest BCUT2D eigenvalue weighted by Crippen LogP contribution is -2.16. The number of aliphatic hydroxyl groups excluding tert-OH is 2. The highest BCUT2D eigenvalue weighted by Crippen LogP contribution is 2.26. The van der Waals surface area contributed by atoms with Crippen molar-refractivity contribution in [1.82, 2.24) is 0 Å². The molecule has 14 heavy (non-hydrogen) atoms. The van der Waals surface area contributed by atoms with Crippen molar-refractivity contribution in [3.63, 3.8) is 0 Å². The quantitative estimate of drug-likeness (QED) is 0.411. The van der Waals surface area contributed by atoms with Crippen LogP contribution in [0.25, 0.3) is 0 Å². The molecule has 0 bridgehead atoms. The van der Waals surface area contributed by atoms with E-state index in [-0.39, 0.29) is 18.8 Å². The zero-order valence-corrected chi connectivity index (χ0v) is 8.07. The molecular formula is C10H15NO3. The first-order chi connectivity index (χ1) is 6.56. The van der Waals surface area contributed by atoms with E-state index < -0.39 is 6.10 Å². The van der Waals surface area contributed by atoms with E-state index in [9.17, 15) is 10.2 Å². The summed E-state index contributed by atoms with van der Waals surface area (Å²) in [7, 11) is 0. The number of phenolic OH excluding ortho intramolecular Hbond substituents is 1. The Labute approximate surface area is 82.6 Å². The number of phenols is 1. The first kappa shape index (κ1) is 10.8. The molecule has 0 heterocycles. The minimum Gasteiger partial charge on any atom is -0.508 e. The predicted molar refractivity (Wildman–Crippen MR) is 54.1 cm³/mol. The van der Waals surface area contributed by atoms with Gasteiger partial charge in [-0.2, -0.15) is 0 Å². The lowest BCUT2D eigenvalue weighted by atomic mass is 10.00. The van der Waals surface area contributed by atoms with Crippen molar-refractivity contribution in [2.75, 3.05) is 12.3 Å². The number of hydrogen-bond donors (Lipinski definition) is 4. The molecule has 0 spiro atoms. The van der Waals surface area contributed by atoms with Gasteiger partial charge in [-0.3, -0.25) is 0 Å². The maximum atomic E-state index is 9.41. The van der Waals surface area contributed by atoms with Crippen LogP contribution in [0.5, 0.6) is 5.75 Å². The van der Waals surface area contributed by atoms with Crippen molar-refractivity contribution in [2.24, 2.45) is 0 Å². The van der Waals surface area contributed by atoms with Crippen LogP contribution < -0.4 is 5.73 Å². The molecule has 78 valence electrons. The second-order valence-electron chi connectivity index (χ2n) is 3.32. The van der Waals surface area contributed by atoms with Gasteiger partial charge in [0.2, 0.25) is 0 Å². The van der Waals surface area contributed by atoms with E-state index in [0.29, 0.717) is 16.8 Å². The van der Waals surface area contributed by atoms with E-state index in [4.69, 9.17) is 10.8 Å². The van der Waals surface area contributed by atoms with Crippen molar-refractivity contribution < 1.29 is 15.3 Å². The summed E-state index contributed by atoms with van der Waals surface area (Å²) in [5, 5.41) is 27.4. The Balaban J connectivity index is 3.00. The number of benzene rings is 1. The van der Waals surface area contributed by atoms with Gasteiger partial charge in [0, 0.05) is 12.1 Å². The van der Waals surface area contributed by atoms with Gasteiger partial charge in [0.05, 0.1) is 12.7 Å². The monoisotopic (exact) mass is 197 g/mol. The molecule has 5 N–H and O–H groups in total. The Bertz CT molecular complexity index is 325. The van der Waals surface area contributed by atoms with E-state index >= 15 is 0 Å². The summed E-state index contributed by atoms with van der Waals surface area (Å²) in [4.78, 5) is 0. The van der Waals surface area contributed by atoms with Gasteiger partial charge in [-0.1, -0.05) is 0 Å². The van der Waals surface area contributed by atoms with Crippen molar-refractivity contribution in [3.05, 3.63) is 23.3 Å². The van der Waals surface area contributed by atoms with Crippen LogP contribution in [0.15, 0.2) is 12.1 Å². The van der Waals surface area contributed by atoms with Crippen LogP contribution in [-0.2, 0) is 6.42 Å². The molecule has 1 aromatic carbocycles. The van der Waals surface area contributed by atoms with Crippen LogP contribution in [0.4, 0.5) is 5.69 Å². The number of aromatic hydroxyl groups is 1. The van der Waals surface area contributed by atoms with Gasteiger partial charge in [-0.05, 0) is 30.2 Å². The van der Waals surface area contributed by atoms with Crippen LogP contribution in [0, 0.1) is 6.92 Å². The summed E-state index contributed by atoms with van der Waals surface area (Å²) in [5.41, 5.74) is 7.55. The number of nitrogen functional groups attached to an aromatic ring is 1. The average Bonchev–Trinajstić information content (AvgIpc) is 2.18. The van der Waals surface area contributed by atoms with Crippen LogP contribution in [0.1, 0.15) is 11.1 Å². The zero-order chi connectivity index (χ0) is 10.7. The fraction of sp³-hybridized carbons (Fsp3) is 0.400. The number of anilines is 1. The van der Waals surface area contributed by atoms with E-state index in [1.54, 1.807) is 13.0 Å². The van der Waals surface area contributed by atoms with Gasteiger partial charge in [-0.15, -0.1) is 0 Å². The summed E-state index contributed by atoms with van der Waals surface area (Å²) >= 11 is 0. The molecule has 4 heteroatoms. The summed E-state index contributed by atoms with van der Waals surface area (Å²) < 4.78 is 0. The number of rotatable bonds is 3. The molecule has 1 aromatic rings. The van der Waals surface area contributed by atoms with Gasteiger partial charge < -0.3 is 21.1 Å². The highest BCUT2D eigenvalue weighted by molar-refractivity contribution is 5.55. The smallest absolute Gasteiger partial charge is 0.118 e. The minimum absolute atomic E-state index is 0.152. The lowest BCUT2D eigenvalue weighted by molar-refractivity contribution is 0.0955. The first-order valence-corrected chi connectivity index (χ1v) is 4.42. The largest absolute Gasteiger partial charge is 0.508 e. The number of hydrogen-bond acceptors (Lipinski definition) is 4. The fourth-order valence-corrected chi connectivity index (χ4v) is 1.34. The molecule has 0 radical (unpaired) electrons. The molecule has 0 amide bonds. The molecule has 0 aliphatic carbocycles. The minimum atomic E-state index is -0.835. The Hall–Kier alpha value is -1.26. The molecule has 1 unspecified atom stereocenters. The normalized spacial score (nSPS) is 12.8. The molecule has 0 saturated carbocycles. The maximum absolute atomic E-state index is 9.41. The maximum Gasteiger partial charge on any atom is 0.118 e. The summed E-state index contributed by atoms with van der Waals surface area (Å²) in [6, 6.07) is 3.10. The van der Waals surface area contributed by atoms with E-state index in [1.807, 2.05) is 0 Å². The van der Waals surface area contributed by atoms with Gasteiger partial charge in [0.15, 0.2) is 0 Å². The second kappa shape index (κ2) is 4.30. The average molecular weight is 197 g/mol. The number of aliphatic hydroxyl groups is 2. The van der Waals surface area contributed by atoms with Crippen molar-refractivity contribution in [3.8, 4) is 5.75 Å². The molecule has 0 aliphatic heterocycles. The van der Waals surface area contributed by atoms with Gasteiger partial charge >= 0.3 is 0 Å². The van der Waals surface area contributed by atoms with Crippen LogP contribution in [0.2, 0.25) is 0 Å². The molecule has 0 saturated heterocycles. The predicted octanol–water partition coefficient (Wildman–Crippen LogP) is 0.179. The third kappa shape index (κ3) is 2.16. The zero-order valence-electron chi connectivity index (χ0n) is 8.07. The van der Waals surface area contributed by atoms with Crippen molar-refractivity contribution in [2.45, 2.75) is 19.4 Å². The fourth-order valence-electron chi connectivity index (χ4n) is 1.34. The molecule has 1 atom stereocenters. The van der Waals surface area contributed by atoms with Crippen LogP contribution in [-0.4, -0.2) is 28.0 Å². The number of nitrogens with two attached hydrogens (primary N) is 1. The molecular weight excluding hydrogens is 182 g/mol. The Morgan fingerprint density at radius 1 is 1.43 bits per heavy atom. The van der Waals surface area contributed by atoms with Crippen LogP contribution >= 0.6 is 0 Å². The molecule has 0 fully saturated rings. The molecule has 1 rings (SSSR count). The van der Waals surface area contributed by atoms with Gasteiger partial charge in [0.25, 0.3) is 0 Å². The highest BCUT2D eigenvalue weighted by atomic mass is 16.3. The highest BCUT2D eigenvalue weighted by Gasteiger charge is 2.11. The van der Waals surface area contributed by atoms with Gasteiger partial charge in [0.1, 0.15) is 5.75 Å². The second-order valence-corrected chi connectivity index (χ2v) is 3.32. The topological polar surface area (TPSA) is 86.7 Å². The van der Waals surface area contributed by atoms with E-state index in [1.165, 1.54) is 6.07 Å². The summed E-state index contributed by atoms with van der Waals surface area (Å²) in [6.45, 7) is 1.42. The van der Waals surface area contributed by atoms with Crippen molar-refractivity contribution >= 4 is 5.69 Å². The van der Waals surface area contributed by atoms with Crippen molar-refractivity contribution in [1.29, 1.82) is 0 Å². The third-order valence-corrected chi connectivity index (χ3v) is 2.26. The van der Waals surface area contributed by atoms with Gasteiger partial charge in [-0.25, -0.2) is 0 Å². The molecule has 0 aliphatic rings. The van der Waals surface area contributed by atoms with E-state index in [0.717, 1.165) is 0 Å². The molecule has 0 aromatic heterocycles. The molecule has 4 nitrogen and oxygen atoms in total. The van der Waals surface area contributed by atoms with E-state index in [2.05, 4.69) is 0 Å². The van der Waals surface area contributed by atoms with Crippen LogP contribution in [0.3, 0.4) is 0 Å². The Morgan fingerprint density at radius 3 is 2.64 bits per heavy atom. The summed E-state index contributed by atoms with van der Waals surface area (Å²) in [5.74, 6) is 0.152. The lowest BCUT2D eigenvalue weighted by Gasteiger charge is -2.13. The standard InChI is InChI=1S/C10H15NO3/c1-6-8(4-7(13)5-12)9(11)2-3-10(6)14/h2-3,7,12-14H,4-5,11H2,1H3. The third-order valence-electron chi connectivity index (χ3n) is 2.26. The SMILES string of the molecule is Cc1c(O)ccc(N)c1CC(O)CO.